The van der Waals surface area contributed by atoms with Gasteiger partial charge in [0.1, 0.15) is 11.3 Å². The highest BCUT2D eigenvalue weighted by atomic mass is 16.3. The topological polar surface area (TPSA) is 73.7 Å². The van der Waals surface area contributed by atoms with E-state index in [0.29, 0.717) is 0 Å². The SMILES string of the molecule is Cc1cc(CN(C)Cc2cn[nH]c2-c2cc3ccccc3o2)n[nH]1. The maximum absolute atomic E-state index is 5.95. The number of hydrogen-bond acceptors (Lipinski definition) is 4. The average molecular weight is 321 g/mol. The summed E-state index contributed by atoms with van der Waals surface area (Å²) in [5, 5.41) is 15.6. The molecule has 0 saturated carbocycles. The van der Waals surface area contributed by atoms with E-state index < -0.39 is 0 Å². The molecule has 0 radical (unpaired) electrons. The van der Waals surface area contributed by atoms with E-state index in [1.807, 2.05) is 43.5 Å². The summed E-state index contributed by atoms with van der Waals surface area (Å²) in [5.41, 5.74) is 5.02. The number of nitrogens with zero attached hydrogens (tertiary/aromatic N) is 3. The highest BCUT2D eigenvalue weighted by Crippen LogP contribution is 2.29. The Kier molecular flexibility index (Phi) is 3.66. The quantitative estimate of drug-likeness (QED) is 0.590. The Morgan fingerprint density at radius 3 is 2.79 bits per heavy atom. The second-order valence-electron chi connectivity index (χ2n) is 6.13. The van der Waals surface area contributed by atoms with E-state index in [1.165, 1.54) is 0 Å². The minimum absolute atomic E-state index is 0.759. The first kappa shape index (κ1) is 14.7. The van der Waals surface area contributed by atoms with Crippen LogP contribution < -0.4 is 0 Å². The molecule has 4 rings (SSSR count). The van der Waals surface area contributed by atoms with Crippen LogP contribution in [0, 0.1) is 6.92 Å². The molecule has 0 bridgehead atoms. The Hall–Kier alpha value is -2.86. The van der Waals surface area contributed by atoms with Crippen molar-refractivity contribution in [3.8, 4) is 11.5 Å². The standard InChI is InChI=1S/C18H19N5O/c1-12-7-15(21-20-12)11-23(2)10-14-9-19-22-18(14)17-8-13-5-3-4-6-16(13)24-17/h3-9H,10-11H2,1-2H3,(H,19,22)(H,20,21). The number of aryl methyl sites for hydroxylation is 1. The number of para-hydroxylation sites is 1. The molecule has 122 valence electrons. The van der Waals surface area contributed by atoms with Crippen LogP contribution in [0.5, 0.6) is 0 Å². The van der Waals surface area contributed by atoms with Gasteiger partial charge >= 0.3 is 0 Å². The minimum atomic E-state index is 0.759. The molecule has 24 heavy (non-hydrogen) atoms. The van der Waals surface area contributed by atoms with Crippen molar-refractivity contribution in [3.05, 3.63) is 59.5 Å². The molecule has 3 aromatic heterocycles. The fraction of sp³-hybridized carbons (Fsp3) is 0.222. The molecule has 6 heteroatoms. The lowest BCUT2D eigenvalue weighted by molar-refractivity contribution is 0.315. The third-order valence-electron chi connectivity index (χ3n) is 4.02. The fourth-order valence-electron chi connectivity index (χ4n) is 2.93. The molecule has 1 aromatic carbocycles. The maximum Gasteiger partial charge on any atom is 0.153 e. The summed E-state index contributed by atoms with van der Waals surface area (Å²) in [4.78, 5) is 2.20. The summed E-state index contributed by atoms with van der Waals surface area (Å²) in [7, 11) is 2.07. The molecule has 6 nitrogen and oxygen atoms in total. The number of benzene rings is 1. The predicted molar refractivity (Wildman–Crippen MR) is 92.3 cm³/mol. The van der Waals surface area contributed by atoms with Crippen LogP contribution in [0.1, 0.15) is 17.0 Å². The lowest BCUT2D eigenvalue weighted by Gasteiger charge is -2.14. The molecule has 0 aliphatic carbocycles. The van der Waals surface area contributed by atoms with Gasteiger partial charge in [0.2, 0.25) is 0 Å². The van der Waals surface area contributed by atoms with Gasteiger partial charge in [0.25, 0.3) is 0 Å². The van der Waals surface area contributed by atoms with Gasteiger partial charge < -0.3 is 4.42 Å². The number of furan rings is 1. The van der Waals surface area contributed by atoms with Gasteiger partial charge in [0, 0.05) is 29.7 Å². The number of aromatic amines is 2. The van der Waals surface area contributed by atoms with Crippen LogP contribution in [-0.4, -0.2) is 32.3 Å². The number of H-pyrrole nitrogens is 2. The van der Waals surface area contributed by atoms with E-state index in [-0.39, 0.29) is 0 Å². The second-order valence-corrected chi connectivity index (χ2v) is 6.13. The van der Waals surface area contributed by atoms with Gasteiger partial charge in [-0.2, -0.15) is 10.2 Å². The van der Waals surface area contributed by atoms with Crippen molar-refractivity contribution in [2.45, 2.75) is 20.0 Å². The zero-order valence-corrected chi connectivity index (χ0v) is 13.7. The zero-order chi connectivity index (χ0) is 16.5. The smallest absolute Gasteiger partial charge is 0.153 e. The van der Waals surface area contributed by atoms with Crippen molar-refractivity contribution < 1.29 is 4.42 Å². The summed E-state index contributed by atoms with van der Waals surface area (Å²) >= 11 is 0. The van der Waals surface area contributed by atoms with Crippen LogP contribution in [0.4, 0.5) is 0 Å². The van der Waals surface area contributed by atoms with E-state index >= 15 is 0 Å². The van der Waals surface area contributed by atoms with Crippen molar-refractivity contribution >= 4 is 11.0 Å². The first-order valence-electron chi connectivity index (χ1n) is 7.89. The van der Waals surface area contributed by atoms with Gasteiger partial charge in [0.15, 0.2) is 5.76 Å². The summed E-state index contributed by atoms with van der Waals surface area (Å²) in [6.07, 6.45) is 1.86. The fourth-order valence-corrected chi connectivity index (χ4v) is 2.93. The van der Waals surface area contributed by atoms with Gasteiger partial charge in [-0.05, 0) is 32.2 Å². The summed E-state index contributed by atoms with van der Waals surface area (Å²) < 4.78 is 5.95. The summed E-state index contributed by atoms with van der Waals surface area (Å²) in [5.74, 6) is 0.813. The van der Waals surface area contributed by atoms with Crippen LogP contribution in [0.2, 0.25) is 0 Å². The number of rotatable bonds is 5. The molecule has 0 amide bonds. The number of hydrogen-bond donors (Lipinski definition) is 2. The van der Waals surface area contributed by atoms with Crippen molar-refractivity contribution in [2.24, 2.45) is 0 Å². The number of aromatic nitrogens is 4. The van der Waals surface area contributed by atoms with E-state index in [9.17, 15) is 0 Å². The largest absolute Gasteiger partial charge is 0.454 e. The van der Waals surface area contributed by atoms with Gasteiger partial charge in [0.05, 0.1) is 11.9 Å². The van der Waals surface area contributed by atoms with Crippen molar-refractivity contribution in [1.82, 2.24) is 25.3 Å². The van der Waals surface area contributed by atoms with Crippen LogP contribution in [0.3, 0.4) is 0 Å². The van der Waals surface area contributed by atoms with Crippen LogP contribution in [0.15, 0.2) is 47.0 Å². The summed E-state index contributed by atoms with van der Waals surface area (Å²) in [6.45, 7) is 3.54. The molecule has 0 unspecified atom stereocenters. The third-order valence-corrected chi connectivity index (χ3v) is 4.02. The average Bonchev–Trinajstić information content (AvgIpc) is 3.26. The molecular weight excluding hydrogens is 302 g/mol. The Morgan fingerprint density at radius 1 is 1.12 bits per heavy atom. The van der Waals surface area contributed by atoms with Gasteiger partial charge in [-0.3, -0.25) is 15.1 Å². The Morgan fingerprint density at radius 2 is 2.00 bits per heavy atom. The van der Waals surface area contributed by atoms with Gasteiger partial charge in [-0.1, -0.05) is 18.2 Å². The highest BCUT2D eigenvalue weighted by molar-refractivity contribution is 5.82. The lowest BCUT2D eigenvalue weighted by Crippen LogP contribution is -2.17. The minimum Gasteiger partial charge on any atom is -0.454 e. The van der Waals surface area contributed by atoms with Crippen LogP contribution in [0.25, 0.3) is 22.4 Å². The normalized spacial score (nSPS) is 11.6. The van der Waals surface area contributed by atoms with E-state index in [0.717, 1.165) is 52.5 Å². The molecule has 0 atom stereocenters. The lowest BCUT2D eigenvalue weighted by atomic mass is 10.2. The Balaban J connectivity index is 1.55. The van der Waals surface area contributed by atoms with Crippen LogP contribution >= 0.6 is 0 Å². The Labute approximate surface area is 139 Å². The zero-order valence-electron chi connectivity index (χ0n) is 13.7. The van der Waals surface area contributed by atoms with Crippen molar-refractivity contribution in [1.29, 1.82) is 0 Å². The molecule has 3 heterocycles. The molecule has 0 spiro atoms. The molecule has 4 aromatic rings. The molecular formula is C18H19N5O. The van der Waals surface area contributed by atoms with Crippen LogP contribution in [-0.2, 0) is 13.1 Å². The number of nitrogens with one attached hydrogen (secondary N) is 2. The van der Waals surface area contributed by atoms with Gasteiger partial charge in [-0.25, -0.2) is 0 Å². The first-order valence-corrected chi connectivity index (χ1v) is 7.89. The molecule has 0 fully saturated rings. The maximum atomic E-state index is 5.95. The van der Waals surface area contributed by atoms with E-state index in [4.69, 9.17) is 4.42 Å². The first-order chi connectivity index (χ1) is 11.7. The number of fused-ring (bicyclic) bond motifs is 1. The predicted octanol–water partition coefficient (Wildman–Crippen LogP) is 3.49. The van der Waals surface area contributed by atoms with E-state index in [1.54, 1.807) is 0 Å². The molecule has 0 aliphatic heterocycles. The molecule has 2 N–H and O–H groups in total. The highest BCUT2D eigenvalue weighted by Gasteiger charge is 2.14. The molecule has 0 aliphatic rings. The second kappa shape index (κ2) is 5.98. The summed E-state index contributed by atoms with van der Waals surface area (Å²) in [6, 6.07) is 12.1. The van der Waals surface area contributed by atoms with Crippen molar-refractivity contribution in [3.63, 3.8) is 0 Å². The molecule has 0 saturated heterocycles. The van der Waals surface area contributed by atoms with Gasteiger partial charge in [-0.15, -0.1) is 0 Å². The van der Waals surface area contributed by atoms with E-state index in [2.05, 4.69) is 38.4 Å². The van der Waals surface area contributed by atoms with Crippen molar-refractivity contribution in [2.75, 3.05) is 7.05 Å². The Bertz CT molecular complexity index is 932. The monoisotopic (exact) mass is 321 g/mol. The third kappa shape index (κ3) is 2.83.